The Morgan fingerprint density at radius 3 is 2.95 bits per heavy atom. The summed E-state index contributed by atoms with van der Waals surface area (Å²) in [7, 11) is 0. The van der Waals surface area contributed by atoms with Gasteiger partial charge in [-0.2, -0.15) is 0 Å². The lowest BCUT2D eigenvalue weighted by molar-refractivity contribution is -0.113. The Bertz CT molecular complexity index is 595. The molecule has 1 heterocycles. The fraction of sp³-hybridized carbons (Fsp3) is 0.231. The van der Waals surface area contributed by atoms with E-state index in [0.717, 1.165) is 21.0 Å². The number of nitrogen functional groups attached to an aromatic ring is 1. The van der Waals surface area contributed by atoms with Gasteiger partial charge in [-0.3, -0.25) is 4.79 Å². The van der Waals surface area contributed by atoms with Crippen LogP contribution in [0.1, 0.15) is 11.1 Å². The van der Waals surface area contributed by atoms with Crippen LogP contribution >= 0.6 is 23.1 Å². The summed E-state index contributed by atoms with van der Waals surface area (Å²) in [5.74, 6) is 0.334. The Morgan fingerprint density at radius 2 is 2.26 bits per heavy atom. The normalized spacial score (nSPS) is 10.4. The molecule has 0 radical (unpaired) electrons. The minimum absolute atomic E-state index is 0.0225. The van der Waals surface area contributed by atoms with E-state index < -0.39 is 0 Å². The molecule has 2 aromatic rings. The van der Waals surface area contributed by atoms with Gasteiger partial charge in [-0.25, -0.2) is 4.98 Å². The molecule has 6 heteroatoms. The van der Waals surface area contributed by atoms with E-state index in [1.54, 1.807) is 6.20 Å². The zero-order valence-electron chi connectivity index (χ0n) is 10.8. The van der Waals surface area contributed by atoms with Gasteiger partial charge in [-0.15, -0.1) is 11.8 Å². The number of carbonyl (C=O) groups is 1. The van der Waals surface area contributed by atoms with E-state index in [1.807, 2.05) is 32.0 Å². The third-order valence-corrected chi connectivity index (χ3v) is 4.54. The smallest absolute Gasteiger partial charge is 0.234 e. The maximum absolute atomic E-state index is 11.9. The van der Waals surface area contributed by atoms with Crippen molar-refractivity contribution in [1.82, 2.24) is 4.98 Å². The first-order valence-electron chi connectivity index (χ1n) is 5.76. The second kappa shape index (κ2) is 6.08. The summed E-state index contributed by atoms with van der Waals surface area (Å²) in [6, 6.07) is 6.00. The summed E-state index contributed by atoms with van der Waals surface area (Å²) in [4.78, 5) is 15.8. The number of aryl methyl sites for hydroxylation is 2. The zero-order chi connectivity index (χ0) is 13.8. The molecule has 100 valence electrons. The molecule has 1 aromatic carbocycles. The number of amides is 1. The van der Waals surface area contributed by atoms with Crippen LogP contribution in [0.4, 0.5) is 10.8 Å². The van der Waals surface area contributed by atoms with E-state index in [-0.39, 0.29) is 5.91 Å². The highest BCUT2D eigenvalue weighted by atomic mass is 32.2. The van der Waals surface area contributed by atoms with Crippen molar-refractivity contribution in [3.8, 4) is 0 Å². The third-order valence-electron chi connectivity index (χ3n) is 2.52. The van der Waals surface area contributed by atoms with Crippen LogP contribution in [-0.4, -0.2) is 16.6 Å². The predicted molar refractivity (Wildman–Crippen MR) is 81.8 cm³/mol. The number of benzene rings is 1. The van der Waals surface area contributed by atoms with E-state index in [0.29, 0.717) is 10.9 Å². The lowest BCUT2D eigenvalue weighted by atomic mass is 10.1. The first-order valence-corrected chi connectivity index (χ1v) is 7.56. The molecule has 0 bridgehead atoms. The number of hydrogen-bond donors (Lipinski definition) is 2. The first-order chi connectivity index (χ1) is 9.04. The molecule has 1 amide bonds. The van der Waals surface area contributed by atoms with Gasteiger partial charge in [0, 0.05) is 5.69 Å². The standard InChI is InChI=1S/C13H15N3OS2/c1-8-3-4-9(2)10(5-8)16-11(17)7-18-12-6-15-13(14)19-12/h3-6H,7H2,1-2H3,(H2,14,15)(H,16,17). The highest BCUT2D eigenvalue weighted by molar-refractivity contribution is 8.01. The molecule has 0 atom stereocenters. The number of hydrogen-bond acceptors (Lipinski definition) is 5. The van der Waals surface area contributed by atoms with Crippen molar-refractivity contribution in [2.75, 3.05) is 16.8 Å². The van der Waals surface area contributed by atoms with Crippen LogP contribution in [0, 0.1) is 13.8 Å². The van der Waals surface area contributed by atoms with Crippen LogP contribution in [0.25, 0.3) is 0 Å². The van der Waals surface area contributed by atoms with Gasteiger partial charge in [0.15, 0.2) is 5.13 Å². The molecule has 0 saturated carbocycles. The van der Waals surface area contributed by atoms with Crippen LogP contribution in [0.5, 0.6) is 0 Å². The SMILES string of the molecule is Cc1ccc(C)c(NC(=O)CSc2cnc(N)s2)c1. The number of rotatable bonds is 4. The van der Waals surface area contributed by atoms with Gasteiger partial charge in [-0.1, -0.05) is 23.5 Å². The fourth-order valence-electron chi connectivity index (χ4n) is 1.53. The number of thioether (sulfide) groups is 1. The average molecular weight is 293 g/mol. The number of thiazole rings is 1. The Balaban J connectivity index is 1.92. The Hall–Kier alpha value is -1.53. The maximum atomic E-state index is 11.9. The molecule has 0 aliphatic heterocycles. The van der Waals surface area contributed by atoms with E-state index in [9.17, 15) is 4.79 Å². The monoisotopic (exact) mass is 293 g/mol. The molecule has 0 aliphatic rings. The van der Waals surface area contributed by atoms with Gasteiger partial charge >= 0.3 is 0 Å². The van der Waals surface area contributed by atoms with E-state index >= 15 is 0 Å². The molecule has 0 fully saturated rings. The molecule has 0 saturated heterocycles. The molecule has 3 N–H and O–H groups in total. The summed E-state index contributed by atoms with van der Waals surface area (Å²) >= 11 is 2.83. The minimum Gasteiger partial charge on any atom is -0.375 e. The Morgan fingerprint density at radius 1 is 1.47 bits per heavy atom. The molecular formula is C13H15N3OS2. The van der Waals surface area contributed by atoms with Gasteiger partial charge in [0.1, 0.15) is 0 Å². The van der Waals surface area contributed by atoms with E-state index in [4.69, 9.17) is 5.73 Å². The van der Waals surface area contributed by atoms with Gasteiger partial charge in [0.05, 0.1) is 16.2 Å². The number of nitrogens with two attached hydrogens (primary N) is 1. The second-order valence-electron chi connectivity index (χ2n) is 4.17. The Labute approximate surface area is 120 Å². The molecule has 0 spiro atoms. The van der Waals surface area contributed by atoms with Crippen molar-refractivity contribution in [2.45, 2.75) is 18.1 Å². The first kappa shape index (κ1) is 13.9. The summed E-state index contributed by atoms with van der Waals surface area (Å²) < 4.78 is 0.952. The van der Waals surface area contributed by atoms with Crippen LogP contribution in [0.15, 0.2) is 28.6 Å². The Kier molecular flexibility index (Phi) is 4.44. The predicted octanol–water partition coefficient (Wildman–Crippen LogP) is 3.07. The van der Waals surface area contributed by atoms with Crippen LogP contribution in [0.3, 0.4) is 0 Å². The third kappa shape index (κ3) is 3.97. The molecule has 0 aliphatic carbocycles. The highest BCUT2D eigenvalue weighted by Crippen LogP contribution is 2.26. The maximum Gasteiger partial charge on any atom is 0.234 e. The van der Waals surface area contributed by atoms with Crippen molar-refractivity contribution < 1.29 is 4.79 Å². The second-order valence-corrected chi connectivity index (χ2v) is 6.51. The molecule has 0 unspecified atom stereocenters. The van der Waals surface area contributed by atoms with Crippen molar-refractivity contribution in [2.24, 2.45) is 0 Å². The van der Waals surface area contributed by atoms with Crippen molar-refractivity contribution >= 4 is 39.8 Å². The molecule has 4 nitrogen and oxygen atoms in total. The average Bonchev–Trinajstić information content (AvgIpc) is 2.77. The zero-order valence-corrected chi connectivity index (χ0v) is 12.4. The molecule has 2 rings (SSSR count). The lowest BCUT2D eigenvalue weighted by Crippen LogP contribution is -2.14. The number of nitrogens with zero attached hydrogens (tertiary/aromatic N) is 1. The minimum atomic E-state index is -0.0225. The quantitative estimate of drug-likeness (QED) is 0.850. The van der Waals surface area contributed by atoms with Crippen LogP contribution in [-0.2, 0) is 4.79 Å². The van der Waals surface area contributed by atoms with Gasteiger partial charge in [-0.05, 0) is 31.0 Å². The van der Waals surface area contributed by atoms with E-state index in [2.05, 4.69) is 10.3 Å². The largest absolute Gasteiger partial charge is 0.375 e. The summed E-state index contributed by atoms with van der Waals surface area (Å²) in [5, 5.41) is 3.45. The molecule has 1 aromatic heterocycles. The van der Waals surface area contributed by atoms with Crippen molar-refractivity contribution in [3.63, 3.8) is 0 Å². The van der Waals surface area contributed by atoms with Crippen LogP contribution < -0.4 is 11.1 Å². The van der Waals surface area contributed by atoms with Crippen molar-refractivity contribution in [1.29, 1.82) is 0 Å². The van der Waals surface area contributed by atoms with Gasteiger partial charge < -0.3 is 11.1 Å². The number of anilines is 2. The topological polar surface area (TPSA) is 68.0 Å². The van der Waals surface area contributed by atoms with Gasteiger partial charge in [0.25, 0.3) is 0 Å². The highest BCUT2D eigenvalue weighted by Gasteiger charge is 2.07. The summed E-state index contributed by atoms with van der Waals surface area (Å²) in [5.41, 5.74) is 8.60. The summed E-state index contributed by atoms with van der Waals surface area (Å²) in [6.07, 6.45) is 1.69. The number of carbonyl (C=O) groups excluding carboxylic acids is 1. The lowest BCUT2D eigenvalue weighted by Gasteiger charge is -2.08. The fourth-order valence-corrected chi connectivity index (χ4v) is 3.09. The number of aromatic nitrogens is 1. The molecular weight excluding hydrogens is 278 g/mol. The number of nitrogens with one attached hydrogen (secondary N) is 1. The van der Waals surface area contributed by atoms with E-state index in [1.165, 1.54) is 23.1 Å². The summed E-state index contributed by atoms with van der Waals surface area (Å²) in [6.45, 7) is 3.98. The van der Waals surface area contributed by atoms with Crippen molar-refractivity contribution in [3.05, 3.63) is 35.5 Å². The van der Waals surface area contributed by atoms with Gasteiger partial charge in [0.2, 0.25) is 5.91 Å². The molecule has 19 heavy (non-hydrogen) atoms. The van der Waals surface area contributed by atoms with Crippen LogP contribution in [0.2, 0.25) is 0 Å².